The van der Waals surface area contributed by atoms with Gasteiger partial charge in [-0.2, -0.15) is 0 Å². The SMILES string of the molecule is CCOCC(=O)N[C@H]1CCN(c2cccc(Oc3ccc(C(F)F)nc3)c2)C1. The van der Waals surface area contributed by atoms with Crippen molar-refractivity contribution in [1.29, 1.82) is 0 Å². The quantitative estimate of drug-likeness (QED) is 0.746. The van der Waals surface area contributed by atoms with E-state index in [0.29, 0.717) is 24.7 Å². The summed E-state index contributed by atoms with van der Waals surface area (Å²) in [7, 11) is 0. The number of nitrogens with one attached hydrogen (secondary N) is 1. The zero-order chi connectivity index (χ0) is 19.9. The Labute approximate surface area is 162 Å². The van der Waals surface area contributed by atoms with E-state index in [0.717, 1.165) is 18.7 Å². The van der Waals surface area contributed by atoms with E-state index in [4.69, 9.17) is 9.47 Å². The molecule has 1 amide bonds. The number of benzene rings is 1. The fourth-order valence-corrected chi connectivity index (χ4v) is 3.04. The summed E-state index contributed by atoms with van der Waals surface area (Å²) in [5.41, 5.74) is 0.687. The van der Waals surface area contributed by atoms with Gasteiger partial charge in [0.05, 0.1) is 6.20 Å². The van der Waals surface area contributed by atoms with Crippen molar-refractivity contribution in [2.24, 2.45) is 0 Å². The van der Waals surface area contributed by atoms with Crippen LogP contribution in [0.15, 0.2) is 42.6 Å². The molecule has 1 aromatic heterocycles. The second-order valence-corrected chi connectivity index (χ2v) is 6.46. The molecule has 0 spiro atoms. The average molecular weight is 391 g/mol. The Morgan fingerprint density at radius 2 is 2.18 bits per heavy atom. The van der Waals surface area contributed by atoms with Gasteiger partial charge in [0.25, 0.3) is 6.43 Å². The van der Waals surface area contributed by atoms with Crippen LogP contribution in [-0.4, -0.2) is 43.2 Å². The molecular formula is C20H23F2N3O3. The molecule has 1 aromatic carbocycles. The Hall–Kier alpha value is -2.74. The first-order chi connectivity index (χ1) is 13.5. The van der Waals surface area contributed by atoms with Crippen LogP contribution in [0.5, 0.6) is 11.5 Å². The number of carbonyl (C=O) groups excluding carboxylic acids is 1. The second-order valence-electron chi connectivity index (χ2n) is 6.46. The maximum absolute atomic E-state index is 12.6. The van der Waals surface area contributed by atoms with Crippen LogP contribution in [0.3, 0.4) is 0 Å². The van der Waals surface area contributed by atoms with Gasteiger partial charge in [-0.3, -0.25) is 9.78 Å². The highest BCUT2D eigenvalue weighted by atomic mass is 19.3. The van der Waals surface area contributed by atoms with E-state index in [2.05, 4.69) is 15.2 Å². The summed E-state index contributed by atoms with van der Waals surface area (Å²) < 4.78 is 36.0. The summed E-state index contributed by atoms with van der Waals surface area (Å²) in [6.07, 6.45) is -0.467. The summed E-state index contributed by atoms with van der Waals surface area (Å²) >= 11 is 0. The Balaban J connectivity index is 1.58. The molecule has 150 valence electrons. The van der Waals surface area contributed by atoms with Crippen LogP contribution in [0.4, 0.5) is 14.5 Å². The zero-order valence-electron chi connectivity index (χ0n) is 15.6. The maximum atomic E-state index is 12.6. The molecule has 28 heavy (non-hydrogen) atoms. The minimum Gasteiger partial charge on any atom is -0.456 e. The first-order valence-corrected chi connectivity index (χ1v) is 9.19. The number of ether oxygens (including phenoxy) is 2. The number of pyridine rings is 1. The molecule has 1 N–H and O–H groups in total. The van der Waals surface area contributed by atoms with E-state index >= 15 is 0 Å². The lowest BCUT2D eigenvalue weighted by molar-refractivity contribution is -0.126. The number of carbonyl (C=O) groups is 1. The molecule has 1 fully saturated rings. The smallest absolute Gasteiger partial charge is 0.280 e. The number of aromatic nitrogens is 1. The van der Waals surface area contributed by atoms with Crippen LogP contribution < -0.4 is 15.0 Å². The molecule has 0 aliphatic carbocycles. The largest absolute Gasteiger partial charge is 0.456 e. The third-order valence-electron chi connectivity index (χ3n) is 4.39. The number of alkyl halides is 2. The Bertz CT molecular complexity index is 787. The van der Waals surface area contributed by atoms with Gasteiger partial charge < -0.3 is 19.7 Å². The lowest BCUT2D eigenvalue weighted by Gasteiger charge is -2.20. The lowest BCUT2D eigenvalue weighted by Crippen LogP contribution is -2.39. The van der Waals surface area contributed by atoms with Crippen molar-refractivity contribution < 1.29 is 23.0 Å². The Kier molecular flexibility index (Phi) is 6.76. The molecule has 2 aromatic rings. The summed E-state index contributed by atoms with van der Waals surface area (Å²) in [5, 5.41) is 2.98. The number of rotatable bonds is 8. The topological polar surface area (TPSA) is 63.7 Å². The predicted octanol–water partition coefficient (Wildman–Crippen LogP) is 3.54. The summed E-state index contributed by atoms with van der Waals surface area (Å²) in [5.74, 6) is 0.877. The molecule has 1 saturated heterocycles. The van der Waals surface area contributed by atoms with Crippen LogP contribution in [-0.2, 0) is 9.53 Å². The molecule has 0 radical (unpaired) electrons. The molecule has 2 heterocycles. The van der Waals surface area contributed by atoms with Crippen molar-refractivity contribution in [2.75, 3.05) is 31.2 Å². The number of hydrogen-bond acceptors (Lipinski definition) is 5. The fraction of sp³-hybridized carbons (Fsp3) is 0.400. The molecular weight excluding hydrogens is 368 g/mol. The minimum absolute atomic E-state index is 0.0728. The predicted molar refractivity (Wildman–Crippen MR) is 101 cm³/mol. The van der Waals surface area contributed by atoms with E-state index in [1.54, 1.807) is 6.07 Å². The van der Waals surface area contributed by atoms with Crippen molar-refractivity contribution in [3.63, 3.8) is 0 Å². The molecule has 0 unspecified atom stereocenters. The van der Waals surface area contributed by atoms with Crippen molar-refractivity contribution in [3.8, 4) is 11.5 Å². The van der Waals surface area contributed by atoms with Gasteiger partial charge in [-0.15, -0.1) is 0 Å². The van der Waals surface area contributed by atoms with Gasteiger partial charge in [0.1, 0.15) is 23.8 Å². The minimum atomic E-state index is -2.60. The van der Waals surface area contributed by atoms with Gasteiger partial charge in [-0.1, -0.05) is 6.07 Å². The van der Waals surface area contributed by atoms with Gasteiger partial charge in [-0.05, 0) is 37.6 Å². The Morgan fingerprint density at radius 1 is 1.32 bits per heavy atom. The first kappa shape index (κ1) is 20.0. The molecule has 0 saturated carbocycles. The Morgan fingerprint density at radius 3 is 2.89 bits per heavy atom. The summed E-state index contributed by atoms with van der Waals surface area (Å²) in [6, 6.07) is 10.3. The first-order valence-electron chi connectivity index (χ1n) is 9.19. The van der Waals surface area contributed by atoms with E-state index < -0.39 is 6.43 Å². The molecule has 1 aliphatic rings. The van der Waals surface area contributed by atoms with Gasteiger partial charge >= 0.3 is 0 Å². The van der Waals surface area contributed by atoms with E-state index in [-0.39, 0.29) is 24.2 Å². The van der Waals surface area contributed by atoms with Crippen molar-refractivity contribution in [2.45, 2.75) is 25.8 Å². The molecule has 0 bridgehead atoms. The highest BCUT2D eigenvalue weighted by Crippen LogP contribution is 2.28. The third-order valence-corrected chi connectivity index (χ3v) is 4.39. The van der Waals surface area contributed by atoms with Gasteiger partial charge in [0.2, 0.25) is 5.91 Å². The second kappa shape index (κ2) is 9.45. The van der Waals surface area contributed by atoms with Crippen LogP contribution in [0, 0.1) is 0 Å². The van der Waals surface area contributed by atoms with E-state index in [1.165, 1.54) is 18.3 Å². The summed E-state index contributed by atoms with van der Waals surface area (Å²) in [4.78, 5) is 17.7. The molecule has 1 atom stereocenters. The number of hydrogen-bond donors (Lipinski definition) is 1. The van der Waals surface area contributed by atoms with E-state index in [9.17, 15) is 13.6 Å². The van der Waals surface area contributed by atoms with Crippen molar-refractivity contribution >= 4 is 11.6 Å². The van der Waals surface area contributed by atoms with E-state index in [1.807, 2.05) is 25.1 Å². The van der Waals surface area contributed by atoms with Crippen LogP contribution in [0.25, 0.3) is 0 Å². The monoisotopic (exact) mass is 391 g/mol. The molecule has 1 aliphatic heterocycles. The van der Waals surface area contributed by atoms with Gasteiger partial charge in [-0.25, -0.2) is 8.78 Å². The number of amides is 1. The average Bonchev–Trinajstić information content (AvgIpc) is 3.15. The third kappa shape index (κ3) is 5.39. The highest BCUT2D eigenvalue weighted by molar-refractivity contribution is 5.77. The number of nitrogens with zero attached hydrogens (tertiary/aromatic N) is 2. The standard InChI is InChI=1S/C20H23F2N3O3/c1-2-27-13-19(26)24-14-8-9-25(12-14)15-4-3-5-16(10-15)28-17-6-7-18(20(21)22)23-11-17/h3-7,10-11,14,20H,2,8-9,12-13H2,1H3,(H,24,26)/t14-/m0/s1. The van der Waals surface area contributed by atoms with Crippen LogP contribution in [0.2, 0.25) is 0 Å². The summed E-state index contributed by atoms with van der Waals surface area (Å²) in [6.45, 7) is 3.95. The zero-order valence-corrected chi connectivity index (χ0v) is 15.6. The van der Waals surface area contributed by atoms with Crippen molar-refractivity contribution in [1.82, 2.24) is 10.3 Å². The fourth-order valence-electron chi connectivity index (χ4n) is 3.04. The van der Waals surface area contributed by atoms with Gasteiger partial charge in [0.15, 0.2) is 0 Å². The molecule has 3 rings (SSSR count). The van der Waals surface area contributed by atoms with Crippen molar-refractivity contribution in [3.05, 3.63) is 48.3 Å². The maximum Gasteiger partial charge on any atom is 0.280 e. The molecule has 8 heteroatoms. The van der Waals surface area contributed by atoms with Crippen LogP contribution >= 0.6 is 0 Å². The number of anilines is 1. The normalized spacial score (nSPS) is 16.4. The molecule has 6 nitrogen and oxygen atoms in total. The lowest BCUT2D eigenvalue weighted by atomic mass is 10.2. The number of halogens is 2. The highest BCUT2D eigenvalue weighted by Gasteiger charge is 2.24. The van der Waals surface area contributed by atoms with Crippen LogP contribution in [0.1, 0.15) is 25.5 Å². The van der Waals surface area contributed by atoms with Gasteiger partial charge in [0, 0.05) is 37.5 Å².